The Kier molecular flexibility index (Phi) is 9.19. The van der Waals surface area contributed by atoms with Crippen molar-refractivity contribution < 1.29 is 22.4 Å². The number of benzene rings is 3. The van der Waals surface area contributed by atoms with Gasteiger partial charge in [-0.2, -0.15) is 0 Å². The van der Waals surface area contributed by atoms with E-state index < -0.39 is 34.3 Å². The van der Waals surface area contributed by atoms with Gasteiger partial charge in [0, 0.05) is 19.5 Å². The van der Waals surface area contributed by atoms with Crippen molar-refractivity contribution in [3.8, 4) is 0 Å². The van der Waals surface area contributed by atoms with E-state index in [0.29, 0.717) is 6.54 Å². The fourth-order valence-corrected chi connectivity index (χ4v) is 4.70. The Hall–Kier alpha value is -3.72. The summed E-state index contributed by atoms with van der Waals surface area (Å²) in [4.78, 5) is 28.4. The van der Waals surface area contributed by atoms with Crippen LogP contribution in [0.5, 0.6) is 0 Å². The van der Waals surface area contributed by atoms with Crippen molar-refractivity contribution in [3.63, 3.8) is 0 Å². The van der Waals surface area contributed by atoms with E-state index in [0.717, 1.165) is 33.8 Å². The minimum atomic E-state index is -3.88. The predicted octanol–water partition coefficient (Wildman–Crippen LogP) is 3.37. The average Bonchev–Trinajstić information content (AvgIpc) is 2.86. The Bertz CT molecular complexity index is 1250. The fraction of sp³-hybridized carbons (Fsp3) is 0.259. The van der Waals surface area contributed by atoms with Crippen LogP contribution in [-0.2, 0) is 32.6 Å². The first kappa shape index (κ1) is 26.9. The summed E-state index contributed by atoms with van der Waals surface area (Å²) in [6, 6.07) is 22.5. The number of carbonyl (C=O) groups is 2. The van der Waals surface area contributed by atoms with E-state index in [-0.39, 0.29) is 24.6 Å². The van der Waals surface area contributed by atoms with Crippen LogP contribution in [0.2, 0.25) is 0 Å². The van der Waals surface area contributed by atoms with E-state index in [1.807, 2.05) is 60.7 Å². The van der Waals surface area contributed by atoms with E-state index in [1.165, 1.54) is 17.0 Å². The molecule has 9 heteroatoms. The molecule has 7 nitrogen and oxygen atoms in total. The van der Waals surface area contributed by atoms with Crippen molar-refractivity contribution in [1.29, 1.82) is 0 Å². The smallest absolute Gasteiger partial charge is 0.244 e. The number of halogens is 1. The van der Waals surface area contributed by atoms with Crippen molar-refractivity contribution >= 4 is 27.5 Å². The number of hydrogen-bond acceptors (Lipinski definition) is 4. The van der Waals surface area contributed by atoms with Crippen LogP contribution in [-0.4, -0.2) is 50.5 Å². The maximum atomic E-state index is 13.8. The Balaban J connectivity index is 2.00. The molecule has 0 saturated carbocycles. The van der Waals surface area contributed by atoms with Gasteiger partial charge in [0.05, 0.1) is 11.9 Å². The molecule has 3 rings (SSSR count). The van der Waals surface area contributed by atoms with Gasteiger partial charge >= 0.3 is 0 Å². The zero-order chi connectivity index (χ0) is 26.1. The van der Waals surface area contributed by atoms with E-state index in [2.05, 4.69) is 5.32 Å². The van der Waals surface area contributed by atoms with Gasteiger partial charge in [-0.25, -0.2) is 12.8 Å². The first-order valence-electron chi connectivity index (χ1n) is 11.6. The van der Waals surface area contributed by atoms with E-state index in [1.54, 1.807) is 6.92 Å². The summed E-state index contributed by atoms with van der Waals surface area (Å²) in [5.74, 6) is -1.41. The third-order valence-corrected chi connectivity index (χ3v) is 6.75. The van der Waals surface area contributed by atoms with Gasteiger partial charge < -0.3 is 10.2 Å². The fourth-order valence-electron chi connectivity index (χ4n) is 3.85. The van der Waals surface area contributed by atoms with Gasteiger partial charge in [-0.3, -0.25) is 13.9 Å². The van der Waals surface area contributed by atoms with Gasteiger partial charge in [-0.15, -0.1) is 0 Å². The first-order chi connectivity index (χ1) is 17.2. The Morgan fingerprint density at radius 1 is 0.889 bits per heavy atom. The summed E-state index contributed by atoms with van der Waals surface area (Å²) in [6.07, 6.45) is 1.23. The third-order valence-electron chi connectivity index (χ3n) is 5.61. The molecule has 190 valence electrons. The van der Waals surface area contributed by atoms with Crippen LogP contribution >= 0.6 is 0 Å². The number of rotatable bonds is 11. The van der Waals surface area contributed by atoms with Gasteiger partial charge in [-0.1, -0.05) is 60.7 Å². The number of amides is 2. The third kappa shape index (κ3) is 7.39. The molecule has 36 heavy (non-hydrogen) atoms. The maximum absolute atomic E-state index is 13.8. The number of likely N-dealkylation sites (N-methyl/N-ethyl adjacent to an activating group) is 1. The molecule has 0 radical (unpaired) electrons. The predicted molar refractivity (Wildman–Crippen MR) is 138 cm³/mol. The van der Waals surface area contributed by atoms with Gasteiger partial charge in [-0.05, 0) is 42.3 Å². The van der Waals surface area contributed by atoms with Crippen LogP contribution in [0.1, 0.15) is 18.1 Å². The molecule has 1 N–H and O–H groups in total. The van der Waals surface area contributed by atoms with Crippen LogP contribution in [0.4, 0.5) is 10.1 Å². The molecule has 0 aliphatic rings. The molecule has 0 saturated heterocycles. The van der Waals surface area contributed by atoms with Crippen LogP contribution < -0.4 is 9.62 Å². The highest BCUT2D eigenvalue weighted by atomic mass is 32.2. The monoisotopic (exact) mass is 511 g/mol. The lowest BCUT2D eigenvalue weighted by atomic mass is 10.0. The molecular weight excluding hydrogens is 481 g/mol. The van der Waals surface area contributed by atoms with Gasteiger partial charge in [0.1, 0.15) is 18.4 Å². The summed E-state index contributed by atoms with van der Waals surface area (Å²) >= 11 is 0. The second-order valence-electron chi connectivity index (χ2n) is 8.35. The molecule has 2 amide bonds. The minimum absolute atomic E-state index is 0.106. The van der Waals surface area contributed by atoms with Crippen LogP contribution in [0.25, 0.3) is 0 Å². The van der Waals surface area contributed by atoms with E-state index >= 15 is 0 Å². The number of sulfonamides is 1. The molecule has 0 heterocycles. The highest BCUT2D eigenvalue weighted by molar-refractivity contribution is 7.92. The minimum Gasteiger partial charge on any atom is -0.355 e. The number of anilines is 1. The quantitative estimate of drug-likeness (QED) is 0.428. The number of nitrogens with zero attached hydrogens (tertiary/aromatic N) is 2. The van der Waals surface area contributed by atoms with E-state index in [4.69, 9.17) is 0 Å². The highest BCUT2D eigenvalue weighted by Crippen LogP contribution is 2.20. The molecule has 0 aromatic heterocycles. The van der Waals surface area contributed by atoms with Crippen LogP contribution in [0, 0.1) is 5.82 Å². The number of carbonyl (C=O) groups excluding carboxylic acids is 2. The van der Waals surface area contributed by atoms with Crippen molar-refractivity contribution in [2.24, 2.45) is 0 Å². The SMILES string of the molecule is CCNC(=O)[C@H](Cc1ccccc1)N(Cc1ccccc1)C(=O)CN(c1ccc(F)cc1)S(C)(=O)=O. The number of hydrogen-bond donors (Lipinski definition) is 1. The molecule has 0 bridgehead atoms. The molecule has 0 fully saturated rings. The molecule has 0 aliphatic heterocycles. The summed E-state index contributed by atoms with van der Waals surface area (Å²) in [5, 5.41) is 2.80. The Morgan fingerprint density at radius 3 is 1.97 bits per heavy atom. The van der Waals surface area contributed by atoms with Crippen molar-refractivity contribution in [2.45, 2.75) is 25.9 Å². The maximum Gasteiger partial charge on any atom is 0.244 e. The molecule has 3 aromatic rings. The van der Waals surface area contributed by atoms with Crippen molar-refractivity contribution in [1.82, 2.24) is 10.2 Å². The molecule has 0 aliphatic carbocycles. The zero-order valence-electron chi connectivity index (χ0n) is 20.3. The standard InChI is InChI=1S/C27H30FN3O4S/c1-3-29-27(33)25(18-21-10-6-4-7-11-21)30(19-22-12-8-5-9-13-22)26(32)20-31(36(2,34)35)24-16-14-23(28)15-17-24/h4-17,25H,3,18-20H2,1-2H3,(H,29,33)/t25-/m0/s1. The van der Waals surface area contributed by atoms with Gasteiger partial charge in [0.25, 0.3) is 0 Å². The Labute approximate surface area is 211 Å². The molecular formula is C27H30FN3O4S. The second kappa shape index (κ2) is 12.3. The lowest BCUT2D eigenvalue weighted by molar-refractivity contribution is -0.140. The number of nitrogens with one attached hydrogen (secondary N) is 1. The van der Waals surface area contributed by atoms with Gasteiger partial charge in [0.15, 0.2) is 0 Å². The largest absolute Gasteiger partial charge is 0.355 e. The van der Waals surface area contributed by atoms with E-state index in [9.17, 15) is 22.4 Å². The van der Waals surface area contributed by atoms with Crippen molar-refractivity contribution in [2.75, 3.05) is 23.7 Å². The zero-order valence-corrected chi connectivity index (χ0v) is 21.1. The molecule has 0 unspecified atom stereocenters. The normalized spacial score (nSPS) is 12.0. The summed E-state index contributed by atoms with van der Waals surface area (Å²) < 4.78 is 39.6. The van der Waals surface area contributed by atoms with Gasteiger partial charge in [0.2, 0.25) is 21.8 Å². The second-order valence-corrected chi connectivity index (χ2v) is 10.3. The Morgan fingerprint density at radius 2 is 1.44 bits per heavy atom. The lowest BCUT2D eigenvalue weighted by Crippen LogP contribution is -2.53. The molecule has 3 aromatic carbocycles. The topological polar surface area (TPSA) is 86.8 Å². The highest BCUT2D eigenvalue weighted by Gasteiger charge is 2.32. The van der Waals surface area contributed by atoms with Crippen LogP contribution in [0.3, 0.4) is 0 Å². The average molecular weight is 512 g/mol. The summed E-state index contributed by atoms with van der Waals surface area (Å²) in [6.45, 7) is 1.74. The van der Waals surface area contributed by atoms with Crippen LogP contribution in [0.15, 0.2) is 84.9 Å². The molecule has 0 spiro atoms. The first-order valence-corrected chi connectivity index (χ1v) is 13.4. The summed E-state index contributed by atoms with van der Waals surface area (Å²) in [7, 11) is -3.88. The van der Waals surface area contributed by atoms with Crippen molar-refractivity contribution in [3.05, 3.63) is 102 Å². The molecule has 1 atom stereocenters. The summed E-state index contributed by atoms with van der Waals surface area (Å²) in [5.41, 5.74) is 1.81. The lowest BCUT2D eigenvalue weighted by Gasteiger charge is -2.33.